The highest BCUT2D eigenvalue weighted by atomic mass is 35.5. The summed E-state index contributed by atoms with van der Waals surface area (Å²) >= 11 is 6.23. The lowest BCUT2D eigenvalue weighted by Gasteiger charge is -2.16. The zero-order valence-corrected chi connectivity index (χ0v) is 18.1. The molecule has 0 bridgehead atoms. The minimum absolute atomic E-state index is 0.0519. The molecule has 1 fully saturated rings. The topological polar surface area (TPSA) is 81.2 Å². The molecule has 1 heterocycles. The molecular weight excluding hydrogens is 406 g/mol. The Bertz CT molecular complexity index is 904. The number of halogens is 1. The van der Waals surface area contributed by atoms with Crippen LogP contribution >= 0.6 is 11.6 Å². The van der Waals surface area contributed by atoms with Crippen molar-refractivity contribution >= 4 is 29.2 Å². The third-order valence-corrected chi connectivity index (χ3v) is 5.25. The van der Waals surface area contributed by atoms with Crippen molar-refractivity contribution in [3.63, 3.8) is 0 Å². The number of guanidine groups is 1. The molecule has 160 valence electrons. The average molecular weight is 432 g/mol. The van der Waals surface area contributed by atoms with Crippen LogP contribution in [0.3, 0.4) is 0 Å². The average Bonchev–Trinajstić information content (AvgIpc) is 3.28. The number of aliphatic imine (C=N–C) groups is 1. The van der Waals surface area contributed by atoms with Gasteiger partial charge in [-0.1, -0.05) is 17.7 Å². The molecule has 1 aliphatic heterocycles. The molecule has 0 spiro atoms. The predicted molar refractivity (Wildman–Crippen MR) is 118 cm³/mol. The van der Waals surface area contributed by atoms with Crippen LogP contribution in [0.2, 0.25) is 5.02 Å². The summed E-state index contributed by atoms with van der Waals surface area (Å²) in [6.45, 7) is 3.09. The third kappa shape index (κ3) is 5.64. The van der Waals surface area contributed by atoms with Crippen LogP contribution in [0.5, 0.6) is 11.5 Å². The van der Waals surface area contributed by atoms with Gasteiger partial charge in [-0.2, -0.15) is 0 Å². The molecule has 1 unspecified atom stereocenters. The van der Waals surface area contributed by atoms with Gasteiger partial charge in [-0.25, -0.2) is 4.99 Å². The van der Waals surface area contributed by atoms with Crippen molar-refractivity contribution in [2.75, 3.05) is 32.7 Å². The van der Waals surface area contributed by atoms with E-state index < -0.39 is 0 Å². The van der Waals surface area contributed by atoms with Crippen LogP contribution < -0.4 is 20.1 Å². The Balaban J connectivity index is 1.83. The monoisotopic (exact) mass is 431 g/mol. The van der Waals surface area contributed by atoms with Crippen molar-refractivity contribution in [2.24, 2.45) is 4.99 Å². The van der Waals surface area contributed by atoms with E-state index in [1.165, 1.54) is 14.2 Å². The fraction of sp³-hybridized carbons (Fsp3) is 0.364. The maximum absolute atomic E-state index is 12.9. The SMILES string of the molecule is COc1cc(OC)cc(C(=O)NC(=NCC2CCCO2)Nc2cccc(Cl)c2C)c1. The molecule has 7 nitrogen and oxygen atoms in total. The summed E-state index contributed by atoms with van der Waals surface area (Å²) in [5.74, 6) is 1.03. The van der Waals surface area contributed by atoms with Gasteiger partial charge in [0.25, 0.3) is 5.91 Å². The van der Waals surface area contributed by atoms with Gasteiger partial charge in [-0.05, 0) is 49.6 Å². The number of methoxy groups -OCH3 is 2. The van der Waals surface area contributed by atoms with Crippen LogP contribution in [0.4, 0.5) is 5.69 Å². The summed E-state index contributed by atoms with van der Waals surface area (Å²) < 4.78 is 16.2. The number of anilines is 1. The minimum Gasteiger partial charge on any atom is -0.497 e. The second-order valence-corrected chi connectivity index (χ2v) is 7.32. The zero-order chi connectivity index (χ0) is 21.5. The van der Waals surface area contributed by atoms with E-state index in [0.29, 0.717) is 34.6 Å². The molecule has 2 aromatic carbocycles. The lowest BCUT2D eigenvalue weighted by atomic mass is 10.2. The van der Waals surface area contributed by atoms with E-state index in [1.54, 1.807) is 18.2 Å². The minimum atomic E-state index is -0.342. The fourth-order valence-electron chi connectivity index (χ4n) is 3.08. The molecular formula is C22H26ClN3O4. The predicted octanol–water partition coefficient (Wildman–Crippen LogP) is 4.04. The second kappa shape index (κ2) is 10.3. The van der Waals surface area contributed by atoms with Crippen molar-refractivity contribution in [3.8, 4) is 11.5 Å². The molecule has 1 amide bonds. The number of carbonyl (C=O) groups is 1. The molecule has 1 saturated heterocycles. The van der Waals surface area contributed by atoms with Crippen LogP contribution in [-0.2, 0) is 4.74 Å². The number of hydrogen-bond acceptors (Lipinski definition) is 5. The van der Waals surface area contributed by atoms with E-state index >= 15 is 0 Å². The van der Waals surface area contributed by atoms with Crippen LogP contribution in [0, 0.1) is 6.92 Å². The number of nitrogens with one attached hydrogen (secondary N) is 2. The molecule has 0 aromatic heterocycles. The van der Waals surface area contributed by atoms with Crippen LogP contribution in [-0.4, -0.2) is 45.3 Å². The summed E-state index contributed by atoms with van der Waals surface area (Å²) in [7, 11) is 3.07. The van der Waals surface area contributed by atoms with Gasteiger partial charge in [0, 0.05) is 28.9 Å². The number of benzene rings is 2. The highest BCUT2D eigenvalue weighted by Gasteiger charge is 2.17. The first-order chi connectivity index (χ1) is 14.5. The first kappa shape index (κ1) is 21.9. The summed E-state index contributed by atoms with van der Waals surface area (Å²) in [6, 6.07) is 10.5. The van der Waals surface area contributed by atoms with Crippen molar-refractivity contribution in [3.05, 3.63) is 52.5 Å². The van der Waals surface area contributed by atoms with E-state index in [9.17, 15) is 4.79 Å². The first-order valence-electron chi connectivity index (χ1n) is 9.72. The Labute approximate surface area is 181 Å². The van der Waals surface area contributed by atoms with Gasteiger partial charge in [0.05, 0.1) is 26.9 Å². The van der Waals surface area contributed by atoms with Crippen LogP contribution in [0.15, 0.2) is 41.4 Å². The van der Waals surface area contributed by atoms with Crippen LogP contribution in [0.1, 0.15) is 28.8 Å². The quantitative estimate of drug-likeness (QED) is 0.533. The summed E-state index contributed by atoms with van der Waals surface area (Å²) in [4.78, 5) is 17.5. The van der Waals surface area contributed by atoms with Crippen molar-refractivity contribution < 1.29 is 19.0 Å². The zero-order valence-electron chi connectivity index (χ0n) is 17.3. The van der Waals surface area contributed by atoms with E-state index in [-0.39, 0.29) is 12.0 Å². The standard InChI is InChI=1S/C22H26ClN3O4/c1-14-19(23)7-4-8-20(14)25-22(24-13-16-6-5-9-30-16)26-21(27)15-10-17(28-2)12-18(11-15)29-3/h4,7-8,10-12,16H,5-6,9,13H2,1-3H3,(H2,24,25,26,27). The molecule has 2 aromatic rings. The number of carbonyl (C=O) groups excluding carboxylic acids is 1. The molecule has 0 aliphatic carbocycles. The van der Waals surface area contributed by atoms with Gasteiger partial charge in [0.1, 0.15) is 11.5 Å². The van der Waals surface area contributed by atoms with Gasteiger partial charge < -0.3 is 19.5 Å². The maximum Gasteiger partial charge on any atom is 0.258 e. The Morgan fingerprint density at radius 2 is 1.97 bits per heavy atom. The number of nitrogens with zero attached hydrogens (tertiary/aromatic N) is 1. The van der Waals surface area contributed by atoms with E-state index in [1.807, 2.05) is 25.1 Å². The van der Waals surface area contributed by atoms with Gasteiger partial charge in [0.15, 0.2) is 0 Å². The molecule has 1 atom stereocenters. The highest BCUT2D eigenvalue weighted by Crippen LogP contribution is 2.24. The fourth-order valence-corrected chi connectivity index (χ4v) is 3.25. The highest BCUT2D eigenvalue weighted by molar-refractivity contribution is 6.31. The normalized spacial score (nSPS) is 16.3. The third-order valence-electron chi connectivity index (χ3n) is 4.84. The Morgan fingerprint density at radius 3 is 2.60 bits per heavy atom. The van der Waals surface area contributed by atoms with Gasteiger partial charge in [0.2, 0.25) is 5.96 Å². The molecule has 0 saturated carbocycles. The molecule has 1 aliphatic rings. The number of rotatable bonds is 6. The van der Waals surface area contributed by atoms with Crippen molar-refractivity contribution in [2.45, 2.75) is 25.9 Å². The second-order valence-electron chi connectivity index (χ2n) is 6.92. The largest absolute Gasteiger partial charge is 0.497 e. The molecule has 3 rings (SSSR count). The molecule has 2 N–H and O–H groups in total. The molecule has 8 heteroatoms. The summed E-state index contributed by atoms with van der Waals surface area (Å²) in [6.07, 6.45) is 2.02. The number of hydrogen-bond donors (Lipinski definition) is 2. The lowest BCUT2D eigenvalue weighted by Crippen LogP contribution is -2.37. The van der Waals surface area contributed by atoms with Crippen molar-refractivity contribution in [1.82, 2.24) is 5.32 Å². The van der Waals surface area contributed by atoms with E-state index in [4.69, 9.17) is 25.8 Å². The lowest BCUT2D eigenvalue weighted by molar-refractivity contribution is 0.0975. The maximum atomic E-state index is 12.9. The van der Waals surface area contributed by atoms with Crippen molar-refractivity contribution in [1.29, 1.82) is 0 Å². The summed E-state index contributed by atoms with van der Waals surface area (Å²) in [5, 5.41) is 6.66. The van der Waals surface area contributed by atoms with Gasteiger partial charge >= 0.3 is 0 Å². The molecule has 0 radical (unpaired) electrons. The smallest absolute Gasteiger partial charge is 0.258 e. The first-order valence-corrected chi connectivity index (χ1v) is 10.1. The van der Waals surface area contributed by atoms with Crippen LogP contribution in [0.25, 0.3) is 0 Å². The molecule has 30 heavy (non-hydrogen) atoms. The Hall–Kier alpha value is -2.77. The van der Waals surface area contributed by atoms with Gasteiger partial charge in [-0.15, -0.1) is 0 Å². The number of ether oxygens (including phenoxy) is 3. The Kier molecular flexibility index (Phi) is 7.54. The number of amides is 1. The van der Waals surface area contributed by atoms with E-state index in [0.717, 1.165) is 30.7 Å². The van der Waals surface area contributed by atoms with Gasteiger partial charge in [-0.3, -0.25) is 10.1 Å². The summed E-state index contributed by atoms with van der Waals surface area (Å²) in [5.41, 5.74) is 2.01. The Morgan fingerprint density at radius 1 is 1.23 bits per heavy atom. The van der Waals surface area contributed by atoms with E-state index in [2.05, 4.69) is 15.6 Å².